The SMILES string of the molecule is CCC.CNCCN1CCOCC1. The first-order chi connectivity index (χ1) is 6.35. The van der Waals surface area contributed by atoms with E-state index in [0.717, 1.165) is 39.4 Å². The third-order valence-electron chi connectivity index (χ3n) is 1.78. The summed E-state index contributed by atoms with van der Waals surface area (Å²) in [6.45, 7) is 10.5. The van der Waals surface area contributed by atoms with E-state index in [-0.39, 0.29) is 0 Å². The van der Waals surface area contributed by atoms with Gasteiger partial charge < -0.3 is 10.1 Å². The van der Waals surface area contributed by atoms with Crippen LogP contribution in [0.2, 0.25) is 0 Å². The number of ether oxygens (including phenoxy) is 1. The van der Waals surface area contributed by atoms with E-state index in [2.05, 4.69) is 24.1 Å². The van der Waals surface area contributed by atoms with Crippen LogP contribution in [0.15, 0.2) is 0 Å². The molecule has 1 fully saturated rings. The topological polar surface area (TPSA) is 24.5 Å². The average molecular weight is 188 g/mol. The van der Waals surface area contributed by atoms with Crippen molar-refractivity contribution in [2.75, 3.05) is 46.4 Å². The lowest BCUT2D eigenvalue weighted by molar-refractivity contribution is 0.0386. The Kier molecular flexibility index (Phi) is 9.87. The second-order valence-electron chi connectivity index (χ2n) is 3.26. The number of hydrogen-bond donors (Lipinski definition) is 1. The van der Waals surface area contributed by atoms with E-state index in [4.69, 9.17) is 4.74 Å². The highest BCUT2D eigenvalue weighted by Crippen LogP contribution is 1.94. The lowest BCUT2D eigenvalue weighted by Gasteiger charge is -2.26. The van der Waals surface area contributed by atoms with E-state index in [1.54, 1.807) is 0 Å². The molecule has 0 atom stereocenters. The Morgan fingerprint density at radius 2 is 1.77 bits per heavy atom. The first-order valence-electron chi connectivity index (χ1n) is 5.29. The molecule has 0 spiro atoms. The zero-order valence-electron chi connectivity index (χ0n) is 9.31. The highest BCUT2D eigenvalue weighted by atomic mass is 16.5. The van der Waals surface area contributed by atoms with Gasteiger partial charge in [0.15, 0.2) is 0 Å². The summed E-state index contributed by atoms with van der Waals surface area (Å²) in [6.07, 6.45) is 1.25. The first kappa shape index (κ1) is 12.9. The molecule has 0 saturated carbocycles. The molecular weight excluding hydrogens is 164 g/mol. The standard InChI is InChI=1S/C7H16N2O.C3H8/c1-8-2-3-9-4-6-10-7-5-9;1-3-2/h8H,2-7H2,1H3;3H2,1-2H3. The van der Waals surface area contributed by atoms with Gasteiger partial charge in [0.25, 0.3) is 0 Å². The van der Waals surface area contributed by atoms with E-state index >= 15 is 0 Å². The number of nitrogens with one attached hydrogen (secondary N) is 1. The number of rotatable bonds is 3. The van der Waals surface area contributed by atoms with Crippen LogP contribution >= 0.6 is 0 Å². The molecule has 1 heterocycles. The van der Waals surface area contributed by atoms with Crippen molar-refractivity contribution in [2.24, 2.45) is 0 Å². The van der Waals surface area contributed by atoms with Crippen molar-refractivity contribution in [1.29, 1.82) is 0 Å². The molecule has 0 radical (unpaired) electrons. The monoisotopic (exact) mass is 188 g/mol. The van der Waals surface area contributed by atoms with Gasteiger partial charge >= 0.3 is 0 Å². The molecule has 0 unspecified atom stereocenters. The fourth-order valence-electron chi connectivity index (χ4n) is 1.09. The summed E-state index contributed by atoms with van der Waals surface area (Å²) < 4.78 is 5.22. The molecule has 80 valence electrons. The van der Waals surface area contributed by atoms with Crippen molar-refractivity contribution in [3.05, 3.63) is 0 Å². The minimum absolute atomic E-state index is 0.906. The molecule has 1 aliphatic rings. The summed E-state index contributed by atoms with van der Waals surface area (Å²) >= 11 is 0. The molecule has 0 aromatic carbocycles. The van der Waals surface area contributed by atoms with Crippen molar-refractivity contribution in [3.63, 3.8) is 0 Å². The normalized spacial score (nSPS) is 17.8. The van der Waals surface area contributed by atoms with E-state index in [9.17, 15) is 0 Å². The molecule has 0 amide bonds. The van der Waals surface area contributed by atoms with Crippen LogP contribution in [-0.2, 0) is 4.74 Å². The number of morpholine rings is 1. The quantitative estimate of drug-likeness (QED) is 0.714. The Labute approximate surface area is 82.4 Å². The zero-order chi connectivity index (χ0) is 9.94. The molecule has 0 aliphatic carbocycles. The van der Waals surface area contributed by atoms with Crippen molar-refractivity contribution in [1.82, 2.24) is 10.2 Å². The summed E-state index contributed by atoms with van der Waals surface area (Å²) in [4.78, 5) is 2.42. The maximum absolute atomic E-state index is 5.22. The molecule has 0 aromatic rings. The number of likely N-dealkylation sites (N-methyl/N-ethyl adjacent to an activating group) is 1. The largest absolute Gasteiger partial charge is 0.379 e. The van der Waals surface area contributed by atoms with Gasteiger partial charge in [-0.2, -0.15) is 0 Å². The maximum atomic E-state index is 5.22. The van der Waals surface area contributed by atoms with Gasteiger partial charge in [-0.3, -0.25) is 4.90 Å². The Morgan fingerprint density at radius 1 is 1.23 bits per heavy atom. The van der Waals surface area contributed by atoms with Gasteiger partial charge in [-0.15, -0.1) is 0 Å². The first-order valence-corrected chi connectivity index (χ1v) is 5.29. The Hall–Kier alpha value is -0.120. The second kappa shape index (κ2) is 9.96. The summed E-state index contributed by atoms with van der Waals surface area (Å²) in [6, 6.07) is 0. The van der Waals surface area contributed by atoms with Gasteiger partial charge in [0.1, 0.15) is 0 Å². The smallest absolute Gasteiger partial charge is 0.0594 e. The van der Waals surface area contributed by atoms with Crippen LogP contribution in [0.1, 0.15) is 20.3 Å². The molecule has 3 heteroatoms. The second-order valence-corrected chi connectivity index (χ2v) is 3.26. The van der Waals surface area contributed by atoms with Crippen LogP contribution in [-0.4, -0.2) is 51.3 Å². The number of hydrogen-bond acceptors (Lipinski definition) is 3. The summed E-state index contributed by atoms with van der Waals surface area (Å²) in [7, 11) is 1.99. The van der Waals surface area contributed by atoms with Crippen LogP contribution < -0.4 is 5.32 Å². The molecule has 0 aromatic heterocycles. The van der Waals surface area contributed by atoms with E-state index in [1.807, 2.05) is 7.05 Å². The van der Waals surface area contributed by atoms with Gasteiger partial charge in [0.2, 0.25) is 0 Å². The lowest BCUT2D eigenvalue weighted by atomic mass is 10.4. The van der Waals surface area contributed by atoms with Crippen LogP contribution in [0.5, 0.6) is 0 Å². The van der Waals surface area contributed by atoms with E-state index < -0.39 is 0 Å². The molecule has 0 bridgehead atoms. The molecule has 1 saturated heterocycles. The van der Waals surface area contributed by atoms with Gasteiger partial charge in [-0.25, -0.2) is 0 Å². The summed E-state index contributed by atoms with van der Waals surface area (Å²) in [5.74, 6) is 0. The lowest BCUT2D eigenvalue weighted by Crippen LogP contribution is -2.39. The summed E-state index contributed by atoms with van der Waals surface area (Å²) in [5, 5.41) is 3.13. The zero-order valence-corrected chi connectivity index (χ0v) is 9.31. The van der Waals surface area contributed by atoms with E-state index in [1.165, 1.54) is 6.42 Å². The Morgan fingerprint density at radius 3 is 2.23 bits per heavy atom. The minimum atomic E-state index is 0.906. The van der Waals surface area contributed by atoms with Gasteiger partial charge in [0.05, 0.1) is 13.2 Å². The highest BCUT2D eigenvalue weighted by molar-refractivity contribution is 4.61. The molecule has 1 aliphatic heterocycles. The van der Waals surface area contributed by atoms with Gasteiger partial charge in [-0.1, -0.05) is 20.3 Å². The molecule has 1 N–H and O–H groups in total. The van der Waals surface area contributed by atoms with Crippen molar-refractivity contribution in [3.8, 4) is 0 Å². The van der Waals surface area contributed by atoms with Crippen molar-refractivity contribution < 1.29 is 4.74 Å². The van der Waals surface area contributed by atoms with Crippen LogP contribution in [0, 0.1) is 0 Å². The van der Waals surface area contributed by atoms with Gasteiger partial charge in [-0.05, 0) is 7.05 Å². The molecule has 1 rings (SSSR count). The molecular formula is C10H24N2O. The van der Waals surface area contributed by atoms with Crippen LogP contribution in [0.4, 0.5) is 0 Å². The number of nitrogens with zero attached hydrogens (tertiary/aromatic N) is 1. The fourth-order valence-corrected chi connectivity index (χ4v) is 1.09. The van der Waals surface area contributed by atoms with Crippen LogP contribution in [0.25, 0.3) is 0 Å². The third kappa shape index (κ3) is 8.22. The fraction of sp³-hybridized carbons (Fsp3) is 1.00. The predicted molar refractivity (Wildman–Crippen MR) is 57.2 cm³/mol. The Balaban J connectivity index is 0.000000424. The summed E-state index contributed by atoms with van der Waals surface area (Å²) in [5.41, 5.74) is 0. The van der Waals surface area contributed by atoms with E-state index in [0.29, 0.717) is 0 Å². The highest BCUT2D eigenvalue weighted by Gasteiger charge is 2.07. The predicted octanol–water partition coefficient (Wildman–Crippen LogP) is 0.954. The van der Waals surface area contributed by atoms with Crippen molar-refractivity contribution in [2.45, 2.75) is 20.3 Å². The third-order valence-corrected chi connectivity index (χ3v) is 1.78. The van der Waals surface area contributed by atoms with Crippen LogP contribution in [0.3, 0.4) is 0 Å². The average Bonchev–Trinajstić information content (AvgIpc) is 2.18. The minimum Gasteiger partial charge on any atom is -0.379 e. The molecule has 13 heavy (non-hydrogen) atoms. The van der Waals surface area contributed by atoms with Gasteiger partial charge in [0, 0.05) is 26.2 Å². The maximum Gasteiger partial charge on any atom is 0.0594 e. The Bertz CT molecular complexity index is 92.9. The van der Waals surface area contributed by atoms with Crippen molar-refractivity contribution >= 4 is 0 Å². The molecule has 3 nitrogen and oxygen atoms in total.